The van der Waals surface area contributed by atoms with Gasteiger partial charge in [-0.25, -0.2) is 9.59 Å². The molecule has 0 N–H and O–H groups in total. The summed E-state index contributed by atoms with van der Waals surface area (Å²) >= 11 is 0. The van der Waals surface area contributed by atoms with Gasteiger partial charge in [-0.3, -0.25) is 9.59 Å². The summed E-state index contributed by atoms with van der Waals surface area (Å²) in [6.45, 7) is 19.5. The van der Waals surface area contributed by atoms with Crippen LogP contribution in [-0.4, -0.2) is 36.5 Å². The molecule has 0 aliphatic carbocycles. The summed E-state index contributed by atoms with van der Waals surface area (Å²) in [5.41, 5.74) is -0.221. The van der Waals surface area contributed by atoms with Gasteiger partial charge in [0, 0.05) is 11.1 Å². The predicted molar refractivity (Wildman–Crippen MR) is 130 cm³/mol. The fourth-order valence-electron chi connectivity index (χ4n) is 2.06. The monoisotopic (exact) mass is 484 g/mol. The van der Waals surface area contributed by atoms with Gasteiger partial charge in [-0.1, -0.05) is 86.8 Å². The zero-order valence-corrected chi connectivity index (χ0v) is 22.0. The molecule has 1 aliphatic rings. The molecule has 0 aromatic rings. The Morgan fingerprint density at radius 1 is 0.912 bits per heavy atom. The number of cyclic esters (lactones) is 2. The van der Waals surface area contributed by atoms with Crippen LogP contribution in [0, 0.1) is 0 Å². The predicted octanol–water partition coefficient (Wildman–Crippen LogP) is 5.93. The van der Waals surface area contributed by atoms with Crippen LogP contribution >= 0.6 is 0 Å². The summed E-state index contributed by atoms with van der Waals surface area (Å²) in [5, 5.41) is 0. The van der Waals surface area contributed by atoms with E-state index in [-0.39, 0.29) is 30.6 Å². The van der Waals surface area contributed by atoms with Gasteiger partial charge < -0.3 is 18.9 Å². The number of carbonyl (C=O) groups is 4. The minimum absolute atomic E-state index is 0.0586. The lowest BCUT2D eigenvalue weighted by Gasteiger charge is -2.29. The Labute approximate surface area is 205 Å². The molecule has 0 aromatic heterocycles. The Morgan fingerprint density at radius 3 is 1.94 bits per heavy atom. The first-order valence-corrected chi connectivity index (χ1v) is 12.3. The largest absolute Gasteiger partial charge is 0.462 e. The normalized spacial score (nSPS) is 16.9. The zero-order valence-electron chi connectivity index (χ0n) is 22.0. The van der Waals surface area contributed by atoms with E-state index in [1.807, 2.05) is 6.92 Å². The van der Waals surface area contributed by atoms with Crippen LogP contribution in [-0.2, 0) is 38.1 Å². The Morgan fingerprint density at radius 2 is 1.47 bits per heavy atom. The Kier molecular flexibility index (Phi) is 19.5. The molecule has 0 aromatic carbocycles. The highest BCUT2D eigenvalue weighted by molar-refractivity contribution is 5.95. The number of ether oxygens (including phenoxy) is 4. The molecule has 0 radical (unpaired) electrons. The third-order valence-corrected chi connectivity index (χ3v) is 4.37. The topological polar surface area (TPSA) is 105 Å². The lowest BCUT2D eigenvalue weighted by atomic mass is 10.2. The second-order valence-electron chi connectivity index (χ2n) is 7.82. The van der Waals surface area contributed by atoms with Crippen LogP contribution in [0.15, 0.2) is 24.3 Å². The van der Waals surface area contributed by atoms with Crippen LogP contribution in [0.1, 0.15) is 106 Å². The summed E-state index contributed by atoms with van der Waals surface area (Å²) in [6, 6.07) is 0. The van der Waals surface area contributed by atoms with Crippen molar-refractivity contribution in [1.82, 2.24) is 0 Å². The number of hydrogen-bond donors (Lipinski definition) is 0. The molecule has 1 rings (SSSR count). The first-order chi connectivity index (χ1) is 16.1. The van der Waals surface area contributed by atoms with Crippen LogP contribution in [0.5, 0.6) is 0 Å². The van der Waals surface area contributed by atoms with Gasteiger partial charge in [0.05, 0.1) is 25.9 Å². The lowest BCUT2D eigenvalue weighted by molar-refractivity contribution is -0.328. The second-order valence-corrected chi connectivity index (χ2v) is 7.82. The molecule has 8 heteroatoms. The minimum Gasteiger partial charge on any atom is -0.462 e. The maximum absolute atomic E-state index is 12.1. The van der Waals surface area contributed by atoms with Gasteiger partial charge in [0.15, 0.2) is 0 Å². The van der Waals surface area contributed by atoms with Crippen molar-refractivity contribution < 1.29 is 38.1 Å². The number of rotatable bonds is 11. The van der Waals surface area contributed by atoms with Crippen molar-refractivity contribution in [3.63, 3.8) is 0 Å². The highest BCUT2D eigenvalue weighted by Gasteiger charge is 2.46. The minimum atomic E-state index is -2.17. The molecule has 1 fully saturated rings. The van der Waals surface area contributed by atoms with E-state index in [9.17, 15) is 19.2 Å². The molecular weight excluding hydrogens is 440 g/mol. The number of carbonyl (C=O) groups excluding carboxylic acids is 4. The molecule has 1 saturated heterocycles. The molecule has 1 heterocycles. The van der Waals surface area contributed by atoms with E-state index in [1.165, 1.54) is 25.7 Å². The molecule has 0 bridgehead atoms. The van der Waals surface area contributed by atoms with Crippen molar-refractivity contribution in [1.29, 1.82) is 0 Å². The molecule has 8 nitrogen and oxygen atoms in total. The van der Waals surface area contributed by atoms with E-state index in [2.05, 4.69) is 40.9 Å². The molecule has 0 saturated carbocycles. The molecule has 1 aliphatic heterocycles. The van der Waals surface area contributed by atoms with Crippen LogP contribution in [0.2, 0.25) is 0 Å². The fourth-order valence-corrected chi connectivity index (χ4v) is 2.06. The molecule has 196 valence electrons. The third kappa shape index (κ3) is 15.2. The van der Waals surface area contributed by atoms with Crippen LogP contribution < -0.4 is 0 Å². The van der Waals surface area contributed by atoms with E-state index in [0.29, 0.717) is 12.8 Å². The summed E-state index contributed by atoms with van der Waals surface area (Å²) < 4.78 is 20.1. The van der Waals surface area contributed by atoms with Gasteiger partial charge in [-0.05, 0) is 12.8 Å². The van der Waals surface area contributed by atoms with Gasteiger partial charge in [0.25, 0.3) is 0 Å². The van der Waals surface area contributed by atoms with E-state index < -0.39 is 36.3 Å². The first-order valence-electron chi connectivity index (χ1n) is 12.3. The van der Waals surface area contributed by atoms with Crippen LogP contribution in [0.25, 0.3) is 0 Å². The van der Waals surface area contributed by atoms with Gasteiger partial charge in [0.2, 0.25) is 0 Å². The molecule has 34 heavy (non-hydrogen) atoms. The maximum atomic E-state index is 12.1. The molecule has 1 atom stereocenters. The lowest BCUT2D eigenvalue weighted by Crippen LogP contribution is -2.43. The molecular formula is C26H44O8. The fraction of sp³-hybridized carbons (Fsp3) is 0.692. The summed E-state index contributed by atoms with van der Waals surface area (Å²) in [5.74, 6) is -5.53. The van der Waals surface area contributed by atoms with Crippen molar-refractivity contribution in [3.05, 3.63) is 24.3 Å². The van der Waals surface area contributed by atoms with Gasteiger partial charge in [-0.15, -0.1) is 0 Å². The van der Waals surface area contributed by atoms with E-state index in [1.54, 1.807) is 6.92 Å². The van der Waals surface area contributed by atoms with Crippen molar-refractivity contribution in [2.75, 3.05) is 6.61 Å². The van der Waals surface area contributed by atoms with E-state index in [0.717, 1.165) is 6.42 Å². The number of hydrogen-bond acceptors (Lipinski definition) is 8. The molecule has 0 spiro atoms. The zero-order chi connectivity index (χ0) is 26.6. The van der Waals surface area contributed by atoms with Crippen molar-refractivity contribution in [2.24, 2.45) is 0 Å². The third-order valence-electron chi connectivity index (χ3n) is 4.37. The van der Waals surface area contributed by atoms with Gasteiger partial charge in [-0.2, -0.15) is 0 Å². The molecule has 1 unspecified atom stereocenters. The maximum Gasteiger partial charge on any atom is 0.423 e. The van der Waals surface area contributed by atoms with Crippen molar-refractivity contribution in [3.8, 4) is 0 Å². The SMILES string of the molecule is C=C(CC(=O)OC1(CCC)OC(=O)CC(=C)C(=O)O1)C(=O)OCCCC.CCCC.CCCC. The van der Waals surface area contributed by atoms with E-state index in [4.69, 9.17) is 18.9 Å². The highest BCUT2D eigenvalue weighted by Crippen LogP contribution is 2.29. The Balaban J connectivity index is 0. The number of esters is 4. The summed E-state index contributed by atoms with van der Waals surface area (Å²) in [4.78, 5) is 47.6. The second kappa shape index (κ2) is 19.8. The smallest absolute Gasteiger partial charge is 0.423 e. The van der Waals surface area contributed by atoms with Crippen LogP contribution in [0.4, 0.5) is 0 Å². The average Bonchev–Trinajstić information content (AvgIpc) is 2.88. The van der Waals surface area contributed by atoms with Crippen molar-refractivity contribution in [2.45, 2.75) is 112 Å². The van der Waals surface area contributed by atoms with Crippen LogP contribution in [0.3, 0.4) is 0 Å². The standard InChI is InChI=1S/C18H24O8.2C4H10/c1-5-7-9-23-16(21)12(3)10-14(19)24-18(8-6-2)25-15(20)11-13(4)17(22)26-18;2*1-3-4-2/h3-11H2,1-2H3;2*3-4H2,1-2H3. The highest BCUT2D eigenvalue weighted by atomic mass is 16.9. The summed E-state index contributed by atoms with van der Waals surface area (Å²) in [6.07, 6.45) is 6.30. The summed E-state index contributed by atoms with van der Waals surface area (Å²) in [7, 11) is 0. The van der Waals surface area contributed by atoms with E-state index >= 15 is 0 Å². The average molecular weight is 485 g/mol. The van der Waals surface area contributed by atoms with Gasteiger partial charge >= 0.3 is 29.9 Å². The Bertz CT molecular complexity index is 660. The molecule has 0 amide bonds. The first kappa shape index (κ1) is 33.5. The van der Waals surface area contributed by atoms with Gasteiger partial charge in [0.1, 0.15) is 0 Å². The van der Waals surface area contributed by atoms with Crippen molar-refractivity contribution >= 4 is 23.9 Å². The number of unbranched alkanes of at least 4 members (excludes halogenated alkanes) is 3. The Hall–Kier alpha value is -2.64. The quantitative estimate of drug-likeness (QED) is 0.202.